The molecule has 13 nitrogen and oxygen atoms in total. The Kier molecular flexibility index (Phi) is 8.53. The fourth-order valence-corrected chi connectivity index (χ4v) is 5.08. The van der Waals surface area contributed by atoms with Gasteiger partial charge in [-0.1, -0.05) is 29.8 Å². The van der Waals surface area contributed by atoms with Crippen molar-refractivity contribution in [3.8, 4) is 17.2 Å². The van der Waals surface area contributed by atoms with E-state index in [9.17, 15) is 40.5 Å². The van der Waals surface area contributed by atoms with Gasteiger partial charge in [-0.05, 0) is 19.4 Å². The van der Waals surface area contributed by atoms with E-state index in [1.54, 1.807) is 0 Å². The van der Waals surface area contributed by atoms with Crippen LogP contribution in [0.25, 0.3) is 0 Å². The minimum Gasteiger partial charge on any atom is -0.507 e. The average molecular weight is 579 g/mol. The molecule has 13 heteroatoms. The van der Waals surface area contributed by atoms with Gasteiger partial charge in [0.1, 0.15) is 71.6 Å². The normalized spacial score (nSPS) is 37.3. The number of aryl methyl sites for hydroxylation is 1. The van der Waals surface area contributed by atoms with Crippen molar-refractivity contribution in [2.45, 2.75) is 87.8 Å². The molecule has 5 rings (SSSR count). The van der Waals surface area contributed by atoms with Crippen LogP contribution in [0.3, 0.4) is 0 Å². The van der Waals surface area contributed by atoms with Gasteiger partial charge in [0.2, 0.25) is 6.29 Å². The Morgan fingerprint density at radius 2 is 1.51 bits per heavy atom. The van der Waals surface area contributed by atoms with E-state index in [1.807, 2.05) is 31.2 Å². The van der Waals surface area contributed by atoms with Crippen LogP contribution in [0.15, 0.2) is 36.4 Å². The van der Waals surface area contributed by atoms with Gasteiger partial charge in [0, 0.05) is 12.1 Å². The molecule has 11 unspecified atom stereocenters. The Bertz CT molecular complexity index is 1240. The largest absolute Gasteiger partial charge is 0.507 e. The molecule has 3 heterocycles. The number of aromatic hydroxyl groups is 1. The third-order valence-electron chi connectivity index (χ3n) is 7.58. The van der Waals surface area contributed by atoms with Gasteiger partial charge in [-0.25, -0.2) is 0 Å². The minimum absolute atomic E-state index is 0.0138. The average Bonchev–Trinajstić information content (AvgIpc) is 2.94. The molecule has 2 saturated heterocycles. The maximum atomic E-state index is 12.8. The second kappa shape index (κ2) is 11.8. The first-order chi connectivity index (χ1) is 19.4. The zero-order chi connectivity index (χ0) is 29.6. The first-order valence-corrected chi connectivity index (χ1v) is 13.3. The lowest BCUT2D eigenvalue weighted by Crippen LogP contribution is -2.61. The summed E-state index contributed by atoms with van der Waals surface area (Å²) >= 11 is 0. The van der Waals surface area contributed by atoms with E-state index in [4.69, 9.17) is 23.7 Å². The molecule has 0 aliphatic carbocycles. The van der Waals surface area contributed by atoms with Crippen LogP contribution in [-0.4, -0.2) is 110 Å². The smallest absolute Gasteiger partial charge is 0.229 e. The summed E-state index contributed by atoms with van der Waals surface area (Å²) in [7, 11) is 0. The van der Waals surface area contributed by atoms with Crippen molar-refractivity contribution in [1.82, 2.24) is 0 Å². The number of carbonyl (C=O) groups is 1. The first-order valence-electron chi connectivity index (χ1n) is 13.3. The number of hydrogen-bond donors (Lipinski definition) is 7. The highest BCUT2D eigenvalue weighted by Gasteiger charge is 2.47. The number of aliphatic hydroxyl groups excluding tert-OH is 6. The summed E-state index contributed by atoms with van der Waals surface area (Å²) in [6, 6.07) is 9.98. The van der Waals surface area contributed by atoms with Crippen molar-refractivity contribution in [2.75, 3.05) is 6.61 Å². The molecule has 3 aliphatic rings. The summed E-state index contributed by atoms with van der Waals surface area (Å²) in [5, 5.41) is 72.0. The Morgan fingerprint density at radius 3 is 2.22 bits per heavy atom. The van der Waals surface area contributed by atoms with Gasteiger partial charge in [0.15, 0.2) is 12.1 Å². The van der Waals surface area contributed by atoms with E-state index in [2.05, 4.69) is 0 Å². The number of Topliss-reactive ketones (excluding diaryl/α,β-unsaturated/α-hetero) is 1. The van der Waals surface area contributed by atoms with Crippen molar-refractivity contribution in [1.29, 1.82) is 0 Å². The van der Waals surface area contributed by atoms with Crippen molar-refractivity contribution in [3.05, 3.63) is 53.1 Å². The highest BCUT2D eigenvalue weighted by Crippen LogP contribution is 2.42. The highest BCUT2D eigenvalue weighted by atomic mass is 16.7. The summed E-state index contributed by atoms with van der Waals surface area (Å²) in [4.78, 5) is 12.8. The molecule has 2 aromatic carbocycles. The zero-order valence-corrected chi connectivity index (χ0v) is 22.3. The number of fused-ring (bicyclic) bond motifs is 1. The van der Waals surface area contributed by atoms with Gasteiger partial charge < -0.3 is 59.4 Å². The molecule has 11 atom stereocenters. The number of carbonyl (C=O) groups excluding carboxylic acids is 1. The maximum absolute atomic E-state index is 12.8. The lowest BCUT2D eigenvalue weighted by molar-refractivity contribution is -0.318. The molecule has 7 N–H and O–H groups in total. The lowest BCUT2D eigenvalue weighted by Gasteiger charge is -2.42. The number of ether oxygens (including phenoxy) is 5. The number of hydrogen-bond acceptors (Lipinski definition) is 13. The van der Waals surface area contributed by atoms with Crippen molar-refractivity contribution in [2.24, 2.45) is 0 Å². The lowest BCUT2D eigenvalue weighted by atomic mass is 9.95. The van der Waals surface area contributed by atoms with Crippen molar-refractivity contribution < 1.29 is 64.2 Å². The van der Waals surface area contributed by atoms with Gasteiger partial charge in [0.25, 0.3) is 0 Å². The van der Waals surface area contributed by atoms with Crippen molar-refractivity contribution >= 4 is 5.78 Å². The Hall–Kier alpha value is -2.85. The highest BCUT2D eigenvalue weighted by molar-refractivity contribution is 6.02. The summed E-state index contributed by atoms with van der Waals surface area (Å²) < 4.78 is 28.2. The van der Waals surface area contributed by atoms with Crippen LogP contribution in [0.1, 0.15) is 40.9 Å². The molecule has 0 radical (unpaired) electrons. The Morgan fingerprint density at radius 1 is 0.854 bits per heavy atom. The second-order valence-electron chi connectivity index (χ2n) is 10.6. The molecule has 0 saturated carbocycles. The number of phenols is 1. The van der Waals surface area contributed by atoms with E-state index < -0.39 is 79.9 Å². The zero-order valence-electron chi connectivity index (χ0n) is 22.3. The molecule has 224 valence electrons. The van der Waals surface area contributed by atoms with E-state index in [0.717, 1.165) is 17.2 Å². The molecule has 0 bridgehead atoms. The molecule has 0 aromatic heterocycles. The van der Waals surface area contributed by atoms with Crippen LogP contribution in [0.4, 0.5) is 0 Å². The fourth-order valence-electron chi connectivity index (χ4n) is 5.08. The van der Waals surface area contributed by atoms with Crippen LogP contribution in [0.2, 0.25) is 0 Å². The van der Waals surface area contributed by atoms with E-state index in [0.29, 0.717) is 0 Å². The molecule has 3 aliphatic heterocycles. The number of phenolic OH excluding ortho intramolecular Hbond substituents is 1. The summed E-state index contributed by atoms with van der Waals surface area (Å²) in [5.74, 6) is -0.729. The third-order valence-corrected chi connectivity index (χ3v) is 7.58. The summed E-state index contributed by atoms with van der Waals surface area (Å²) in [6.45, 7) is 2.94. The molecule has 2 aromatic rings. The standard InChI is InChI=1S/C28H34O13/c1-11-3-5-13(6-4-11)17-9-16(30)20-15(29)7-14(8-18(20)40-17)39-28-26(36)24(34)22(32)19(41-28)10-37-27-25(35)23(33)21(31)12(2)38-27/h3-8,12,17,19,21-29,31-36H,9-10H2,1-2H3. The number of rotatable bonds is 6. The number of benzene rings is 2. The Labute approximate surface area is 235 Å². The van der Waals surface area contributed by atoms with E-state index in [-0.39, 0.29) is 29.3 Å². The first kappa shape index (κ1) is 29.6. The van der Waals surface area contributed by atoms with Crippen LogP contribution in [-0.2, 0) is 14.2 Å². The molecular weight excluding hydrogens is 544 g/mol. The minimum atomic E-state index is -1.74. The predicted molar refractivity (Wildman–Crippen MR) is 137 cm³/mol. The van der Waals surface area contributed by atoms with Crippen LogP contribution < -0.4 is 9.47 Å². The predicted octanol–water partition coefficient (Wildman–Crippen LogP) is -0.562. The van der Waals surface area contributed by atoms with Gasteiger partial charge >= 0.3 is 0 Å². The third kappa shape index (κ3) is 5.91. The van der Waals surface area contributed by atoms with E-state index in [1.165, 1.54) is 13.0 Å². The maximum Gasteiger partial charge on any atom is 0.229 e. The molecule has 0 spiro atoms. The van der Waals surface area contributed by atoms with E-state index >= 15 is 0 Å². The molecule has 2 fully saturated rings. The van der Waals surface area contributed by atoms with Gasteiger partial charge in [0.05, 0.1) is 19.1 Å². The summed E-state index contributed by atoms with van der Waals surface area (Å²) in [6.07, 6.45) is -15.2. The van der Waals surface area contributed by atoms with Crippen molar-refractivity contribution in [3.63, 3.8) is 0 Å². The SMILES string of the molecule is Cc1ccc(C2CC(=O)c3c(O)cc(OC4OC(COC5OC(C)C(O)C(O)C5O)C(O)C(O)C4O)cc3O2)cc1. The quantitative estimate of drug-likeness (QED) is 0.230. The van der Waals surface area contributed by atoms with Crippen LogP contribution in [0.5, 0.6) is 17.2 Å². The summed E-state index contributed by atoms with van der Waals surface area (Å²) in [5.41, 5.74) is 1.80. The topological polar surface area (TPSA) is 205 Å². The van der Waals surface area contributed by atoms with Crippen LogP contribution >= 0.6 is 0 Å². The van der Waals surface area contributed by atoms with Gasteiger partial charge in [-0.15, -0.1) is 0 Å². The van der Waals surface area contributed by atoms with Crippen LogP contribution in [0, 0.1) is 6.92 Å². The Balaban J connectivity index is 1.30. The number of aliphatic hydroxyl groups is 6. The number of ketones is 1. The van der Waals surface area contributed by atoms with Gasteiger partial charge in [-0.2, -0.15) is 0 Å². The molecule has 41 heavy (non-hydrogen) atoms. The molecular formula is C28H34O13. The fraction of sp³-hybridized carbons (Fsp3) is 0.536. The monoisotopic (exact) mass is 578 g/mol. The second-order valence-corrected chi connectivity index (χ2v) is 10.6. The van der Waals surface area contributed by atoms with Gasteiger partial charge in [-0.3, -0.25) is 4.79 Å². The molecule has 0 amide bonds.